The van der Waals surface area contributed by atoms with Gasteiger partial charge >= 0.3 is 0 Å². The standard InChI is InChI=1S/C24H30FN3O/c1-17-13-22(25)5-4-21(17)16-28(23-7-10-26-11-8-23)18(2)27-15-19-3-6-24-20(14-19)9-12-29-24/h3-6,13-14,23,26-27H,2,7-12,15-16H2,1H3. The molecule has 5 heteroatoms. The van der Waals surface area contributed by atoms with Gasteiger partial charge in [0.2, 0.25) is 0 Å². The molecule has 0 bridgehead atoms. The van der Waals surface area contributed by atoms with E-state index in [-0.39, 0.29) is 5.82 Å². The second kappa shape index (κ2) is 8.87. The number of piperidine rings is 1. The highest BCUT2D eigenvalue weighted by atomic mass is 19.1. The van der Waals surface area contributed by atoms with Gasteiger partial charge in [-0.3, -0.25) is 0 Å². The minimum absolute atomic E-state index is 0.183. The average Bonchev–Trinajstić information content (AvgIpc) is 3.20. The maximum absolute atomic E-state index is 13.5. The molecule has 2 aromatic rings. The summed E-state index contributed by atoms with van der Waals surface area (Å²) in [5.41, 5.74) is 4.64. The van der Waals surface area contributed by atoms with Gasteiger partial charge in [-0.05, 0) is 73.3 Å². The lowest BCUT2D eigenvalue weighted by atomic mass is 10.0. The molecule has 29 heavy (non-hydrogen) atoms. The molecule has 4 rings (SSSR count). The Bertz CT molecular complexity index is 876. The third kappa shape index (κ3) is 4.73. The third-order valence-electron chi connectivity index (χ3n) is 5.99. The normalized spacial score (nSPS) is 16.2. The molecule has 1 fully saturated rings. The molecule has 2 heterocycles. The largest absolute Gasteiger partial charge is 0.493 e. The summed E-state index contributed by atoms with van der Waals surface area (Å²) in [6.45, 7) is 10.6. The number of hydrogen-bond donors (Lipinski definition) is 2. The molecular formula is C24H30FN3O. The highest BCUT2D eigenvalue weighted by Crippen LogP contribution is 2.26. The number of halogens is 1. The molecule has 2 aromatic carbocycles. The second-order valence-corrected chi connectivity index (χ2v) is 8.02. The van der Waals surface area contributed by atoms with Crippen LogP contribution in [0.4, 0.5) is 4.39 Å². The molecule has 2 N–H and O–H groups in total. The van der Waals surface area contributed by atoms with Gasteiger partial charge in [0.05, 0.1) is 12.4 Å². The molecular weight excluding hydrogens is 365 g/mol. The Morgan fingerprint density at radius 2 is 2.07 bits per heavy atom. The lowest BCUT2D eigenvalue weighted by Gasteiger charge is -2.38. The molecule has 2 aliphatic rings. The number of nitrogens with one attached hydrogen (secondary N) is 2. The highest BCUT2D eigenvalue weighted by Gasteiger charge is 2.23. The lowest BCUT2D eigenvalue weighted by molar-refractivity contribution is 0.187. The minimum Gasteiger partial charge on any atom is -0.493 e. The Labute approximate surface area is 172 Å². The summed E-state index contributed by atoms with van der Waals surface area (Å²) in [4.78, 5) is 2.36. The first kappa shape index (κ1) is 19.8. The van der Waals surface area contributed by atoms with Gasteiger partial charge in [-0.2, -0.15) is 0 Å². The topological polar surface area (TPSA) is 36.5 Å². The van der Waals surface area contributed by atoms with Crippen molar-refractivity contribution in [2.45, 2.75) is 45.3 Å². The molecule has 0 amide bonds. The van der Waals surface area contributed by atoms with Gasteiger partial charge in [0.15, 0.2) is 0 Å². The van der Waals surface area contributed by atoms with E-state index in [0.29, 0.717) is 6.04 Å². The first-order valence-corrected chi connectivity index (χ1v) is 10.5. The molecule has 0 aliphatic carbocycles. The van der Waals surface area contributed by atoms with E-state index in [1.54, 1.807) is 12.1 Å². The zero-order chi connectivity index (χ0) is 20.2. The van der Waals surface area contributed by atoms with Gasteiger partial charge < -0.3 is 20.3 Å². The van der Waals surface area contributed by atoms with Crippen LogP contribution in [0.5, 0.6) is 5.75 Å². The zero-order valence-corrected chi connectivity index (χ0v) is 17.1. The Balaban J connectivity index is 1.46. The molecule has 0 saturated carbocycles. The summed E-state index contributed by atoms with van der Waals surface area (Å²) >= 11 is 0. The maximum atomic E-state index is 13.5. The molecule has 154 valence electrons. The Hall–Kier alpha value is -2.53. The molecule has 0 spiro atoms. The quantitative estimate of drug-likeness (QED) is 0.746. The van der Waals surface area contributed by atoms with Crippen LogP contribution in [0.25, 0.3) is 0 Å². The summed E-state index contributed by atoms with van der Waals surface area (Å²) < 4.78 is 19.1. The fourth-order valence-electron chi connectivity index (χ4n) is 4.24. The summed E-state index contributed by atoms with van der Waals surface area (Å²) in [6, 6.07) is 11.9. The van der Waals surface area contributed by atoms with E-state index < -0.39 is 0 Å². The van der Waals surface area contributed by atoms with Crippen LogP contribution in [0.3, 0.4) is 0 Å². The van der Waals surface area contributed by atoms with E-state index in [9.17, 15) is 4.39 Å². The van der Waals surface area contributed by atoms with E-state index in [0.717, 1.165) is 74.7 Å². The number of aryl methyl sites for hydroxylation is 1. The second-order valence-electron chi connectivity index (χ2n) is 8.02. The van der Waals surface area contributed by atoms with Gasteiger partial charge in [-0.1, -0.05) is 24.8 Å². The smallest absolute Gasteiger partial charge is 0.123 e. The van der Waals surface area contributed by atoms with Crippen LogP contribution in [0.15, 0.2) is 48.8 Å². The number of fused-ring (bicyclic) bond motifs is 1. The van der Waals surface area contributed by atoms with Crippen LogP contribution in [0.2, 0.25) is 0 Å². The van der Waals surface area contributed by atoms with E-state index in [1.807, 2.05) is 13.0 Å². The predicted molar refractivity (Wildman–Crippen MR) is 114 cm³/mol. The summed E-state index contributed by atoms with van der Waals surface area (Å²) in [5, 5.41) is 6.97. The first-order valence-electron chi connectivity index (χ1n) is 10.5. The summed E-state index contributed by atoms with van der Waals surface area (Å²) in [5.74, 6) is 1.75. The van der Waals surface area contributed by atoms with Crippen LogP contribution in [0.1, 0.15) is 35.1 Å². The van der Waals surface area contributed by atoms with Crippen molar-refractivity contribution in [2.75, 3.05) is 19.7 Å². The fourth-order valence-corrected chi connectivity index (χ4v) is 4.24. The monoisotopic (exact) mass is 395 g/mol. The van der Waals surface area contributed by atoms with Crippen LogP contribution in [-0.2, 0) is 19.5 Å². The average molecular weight is 396 g/mol. The zero-order valence-electron chi connectivity index (χ0n) is 17.1. The van der Waals surface area contributed by atoms with Crippen LogP contribution < -0.4 is 15.4 Å². The molecule has 0 unspecified atom stereocenters. The Kier molecular flexibility index (Phi) is 6.05. The Morgan fingerprint density at radius 1 is 1.24 bits per heavy atom. The van der Waals surface area contributed by atoms with Crippen molar-refractivity contribution >= 4 is 0 Å². The van der Waals surface area contributed by atoms with Crippen LogP contribution in [0, 0.1) is 12.7 Å². The number of ether oxygens (including phenoxy) is 1. The molecule has 4 nitrogen and oxygen atoms in total. The minimum atomic E-state index is -0.183. The van der Waals surface area contributed by atoms with Crippen molar-refractivity contribution in [3.8, 4) is 5.75 Å². The van der Waals surface area contributed by atoms with Gasteiger partial charge in [-0.15, -0.1) is 0 Å². The van der Waals surface area contributed by atoms with Gasteiger partial charge in [0, 0.05) is 25.6 Å². The fraction of sp³-hybridized carbons (Fsp3) is 0.417. The molecule has 0 radical (unpaired) electrons. The highest BCUT2D eigenvalue weighted by molar-refractivity contribution is 5.39. The third-order valence-corrected chi connectivity index (χ3v) is 5.99. The summed E-state index contributed by atoms with van der Waals surface area (Å²) in [6.07, 6.45) is 3.14. The van der Waals surface area contributed by atoms with E-state index >= 15 is 0 Å². The van der Waals surface area contributed by atoms with E-state index in [1.165, 1.54) is 11.1 Å². The van der Waals surface area contributed by atoms with E-state index in [4.69, 9.17) is 4.74 Å². The number of hydrogen-bond acceptors (Lipinski definition) is 4. The van der Waals surface area contributed by atoms with Crippen LogP contribution >= 0.6 is 0 Å². The SMILES string of the molecule is C=C(NCc1ccc2c(c1)CCO2)N(Cc1ccc(F)cc1C)C1CCNCC1. The number of benzene rings is 2. The molecule has 0 aromatic heterocycles. The maximum Gasteiger partial charge on any atom is 0.123 e. The van der Waals surface area contributed by atoms with Crippen molar-refractivity contribution in [3.63, 3.8) is 0 Å². The van der Waals surface area contributed by atoms with Crippen molar-refractivity contribution in [3.05, 3.63) is 76.9 Å². The number of nitrogens with zero attached hydrogens (tertiary/aromatic N) is 1. The lowest BCUT2D eigenvalue weighted by Crippen LogP contribution is -2.44. The Morgan fingerprint density at radius 3 is 2.86 bits per heavy atom. The van der Waals surface area contributed by atoms with Gasteiger partial charge in [-0.25, -0.2) is 4.39 Å². The van der Waals surface area contributed by atoms with E-state index in [2.05, 4.69) is 40.3 Å². The van der Waals surface area contributed by atoms with Crippen LogP contribution in [-0.4, -0.2) is 30.6 Å². The van der Waals surface area contributed by atoms with Gasteiger partial charge in [0.25, 0.3) is 0 Å². The molecule has 1 saturated heterocycles. The molecule has 2 aliphatic heterocycles. The molecule has 0 atom stereocenters. The summed E-state index contributed by atoms with van der Waals surface area (Å²) in [7, 11) is 0. The van der Waals surface area contributed by atoms with Crippen molar-refractivity contribution in [1.29, 1.82) is 0 Å². The van der Waals surface area contributed by atoms with Gasteiger partial charge in [0.1, 0.15) is 11.6 Å². The van der Waals surface area contributed by atoms with Crippen molar-refractivity contribution in [1.82, 2.24) is 15.5 Å². The van der Waals surface area contributed by atoms with Crippen molar-refractivity contribution < 1.29 is 9.13 Å². The van der Waals surface area contributed by atoms with Crippen molar-refractivity contribution in [2.24, 2.45) is 0 Å². The predicted octanol–water partition coefficient (Wildman–Crippen LogP) is 3.88. The number of rotatable bonds is 7. The first-order chi connectivity index (χ1) is 14.1.